The van der Waals surface area contributed by atoms with E-state index in [9.17, 15) is 21.9 Å². The number of aryl methyl sites for hydroxylation is 1. The average Bonchev–Trinajstić information content (AvgIpc) is 3.22. The van der Waals surface area contributed by atoms with Gasteiger partial charge in [0.05, 0.1) is 7.11 Å². The van der Waals surface area contributed by atoms with Gasteiger partial charge in [-0.05, 0) is 29.7 Å². The van der Waals surface area contributed by atoms with Crippen LogP contribution in [0, 0.1) is 0 Å². The van der Waals surface area contributed by atoms with Gasteiger partial charge in [0.25, 0.3) is 0 Å². The van der Waals surface area contributed by atoms with E-state index in [1.54, 1.807) is 4.68 Å². The number of unbranched alkanes of at least 4 members (excludes halogenated alkanes) is 2. The van der Waals surface area contributed by atoms with Crippen LogP contribution in [0.25, 0.3) is 0 Å². The number of hydrogen-bond donors (Lipinski definition) is 0. The Labute approximate surface area is 144 Å². The summed E-state index contributed by atoms with van der Waals surface area (Å²) in [6.07, 6.45) is 3.40. The molecule has 1 saturated heterocycles. The van der Waals surface area contributed by atoms with Crippen molar-refractivity contribution in [3.05, 3.63) is 6.33 Å². The van der Waals surface area contributed by atoms with E-state index in [2.05, 4.69) is 20.3 Å². The molecule has 0 aromatic carbocycles. The Morgan fingerprint density at radius 3 is 2.68 bits per heavy atom. The number of likely N-dealkylation sites (tertiary alicyclic amines) is 1. The SMILES string of the molecule is COC(=O)C1CC(S(=O)(=O)F)CN1C(=O)CCCCCn1cnnn1. The number of rotatable bonds is 8. The number of amides is 1. The second kappa shape index (κ2) is 8.32. The average molecular weight is 377 g/mol. The van der Waals surface area contributed by atoms with Crippen LogP contribution in [0.15, 0.2) is 6.33 Å². The quantitative estimate of drug-likeness (QED) is 0.343. The number of halogens is 1. The van der Waals surface area contributed by atoms with Gasteiger partial charge in [0.1, 0.15) is 17.6 Å². The van der Waals surface area contributed by atoms with Gasteiger partial charge >= 0.3 is 16.2 Å². The van der Waals surface area contributed by atoms with Crippen molar-refractivity contribution in [1.29, 1.82) is 0 Å². The van der Waals surface area contributed by atoms with Gasteiger partial charge in [-0.2, -0.15) is 8.42 Å². The van der Waals surface area contributed by atoms with Crippen molar-refractivity contribution in [3.63, 3.8) is 0 Å². The molecule has 2 heterocycles. The molecule has 1 aliphatic rings. The fourth-order valence-corrected chi connectivity index (χ4v) is 3.54. The maximum absolute atomic E-state index is 13.2. The number of hydrogen-bond acceptors (Lipinski definition) is 8. The van der Waals surface area contributed by atoms with Crippen molar-refractivity contribution in [2.75, 3.05) is 13.7 Å². The molecule has 1 aliphatic heterocycles. The van der Waals surface area contributed by atoms with E-state index in [4.69, 9.17) is 0 Å². The first kappa shape index (κ1) is 19.2. The summed E-state index contributed by atoms with van der Waals surface area (Å²) < 4.78 is 41.6. The predicted octanol–water partition coefficient (Wildman–Crippen LogP) is -0.325. The summed E-state index contributed by atoms with van der Waals surface area (Å²) in [4.78, 5) is 25.2. The van der Waals surface area contributed by atoms with Gasteiger partial charge in [-0.3, -0.25) is 4.79 Å². The third kappa shape index (κ3) is 5.18. The van der Waals surface area contributed by atoms with Gasteiger partial charge in [-0.1, -0.05) is 6.42 Å². The molecular weight excluding hydrogens is 357 g/mol. The first-order chi connectivity index (χ1) is 11.8. The van der Waals surface area contributed by atoms with Crippen LogP contribution in [0.4, 0.5) is 3.89 Å². The Morgan fingerprint density at radius 1 is 1.32 bits per heavy atom. The number of carbonyl (C=O) groups excluding carboxylic acids is 2. The molecular formula is C13H20FN5O5S. The third-order valence-corrected chi connectivity index (χ3v) is 5.26. The summed E-state index contributed by atoms with van der Waals surface area (Å²) in [6, 6.07) is -1.06. The molecule has 0 N–H and O–H groups in total. The van der Waals surface area contributed by atoms with Crippen LogP contribution in [0.3, 0.4) is 0 Å². The second-order valence-electron chi connectivity index (χ2n) is 5.80. The molecule has 25 heavy (non-hydrogen) atoms. The standard InChI is InChI=1S/C13H20FN5O5S/c1-24-13(21)11-7-10(25(14,22)23)8-19(11)12(20)5-3-2-4-6-18-9-15-16-17-18/h9-11H,2-8H2,1H3. The first-order valence-electron chi connectivity index (χ1n) is 7.84. The van der Waals surface area contributed by atoms with E-state index >= 15 is 0 Å². The van der Waals surface area contributed by atoms with Crippen molar-refractivity contribution >= 4 is 22.1 Å². The largest absolute Gasteiger partial charge is 0.467 e. The van der Waals surface area contributed by atoms with E-state index in [1.807, 2.05) is 0 Å². The monoisotopic (exact) mass is 377 g/mol. The zero-order valence-corrected chi connectivity index (χ0v) is 14.6. The van der Waals surface area contributed by atoms with Crippen molar-refractivity contribution in [1.82, 2.24) is 25.1 Å². The Bertz CT molecular complexity index is 696. The topological polar surface area (TPSA) is 124 Å². The molecule has 140 valence electrons. The van der Waals surface area contributed by atoms with Crippen LogP contribution in [-0.2, 0) is 31.1 Å². The molecule has 1 amide bonds. The summed E-state index contributed by atoms with van der Waals surface area (Å²) in [7, 11) is -3.68. The number of carbonyl (C=O) groups is 2. The zero-order valence-electron chi connectivity index (χ0n) is 13.7. The molecule has 0 radical (unpaired) electrons. The molecule has 10 nitrogen and oxygen atoms in total. The number of nitrogens with zero attached hydrogens (tertiary/aromatic N) is 5. The molecule has 12 heteroatoms. The number of esters is 1. The first-order valence-corrected chi connectivity index (χ1v) is 9.29. The third-order valence-electron chi connectivity index (χ3n) is 4.12. The fraction of sp³-hybridized carbons (Fsp3) is 0.769. The molecule has 2 atom stereocenters. The van der Waals surface area contributed by atoms with Gasteiger partial charge in [-0.15, -0.1) is 8.98 Å². The molecule has 2 rings (SSSR count). The Balaban J connectivity index is 1.84. The Kier molecular flexibility index (Phi) is 6.39. The molecule has 1 fully saturated rings. The zero-order chi connectivity index (χ0) is 18.4. The molecule has 0 saturated carbocycles. The van der Waals surface area contributed by atoms with E-state index < -0.39 is 27.5 Å². The lowest BCUT2D eigenvalue weighted by Gasteiger charge is -2.22. The Morgan fingerprint density at radius 2 is 2.08 bits per heavy atom. The highest BCUT2D eigenvalue weighted by molar-refractivity contribution is 7.87. The van der Waals surface area contributed by atoms with E-state index in [-0.39, 0.29) is 25.3 Å². The summed E-state index contributed by atoms with van der Waals surface area (Å²) in [5.74, 6) is -1.12. The van der Waals surface area contributed by atoms with Crippen LogP contribution in [0.1, 0.15) is 32.1 Å². The lowest BCUT2D eigenvalue weighted by molar-refractivity contribution is -0.151. The smallest absolute Gasteiger partial charge is 0.328 e. The number of tetrazole rings is 1. The van der Waals surface area contributed by atoms with Crippen molar-refractivity contribution in [2.45, 2.75) is 49.9 Å². The molecule has 1 aromatic heterocycles. The summed E-state index contributed by atoms with van der Waals surface area (Å²) in [5, 5.41) is 9.35. The highest BCUT2D eigenvalue weighted by Gasteiger charge is 2.45. The van der Waals surface area contributed by atoms with Crippen molar-refractivity contribution in [2.24, 2.45) is 0 Å². The summed E-state index contributed by atoms with van der Waals surface area (Å²) in [6.45, 7) is 0.292. The van der Waals surface area contributed by atoms with E-state index in [0.29, 0.717) is 13.0 Å². The normalized spacial score (nSPS) is 20.6. The number of ether oxygens (including phenoxy) is 1. The van der Waals surface area contributed by atoms with E-state index in [1.165, 1.54) is 6.33 Å². The molecule has 0 bridgehead atoms. The highest BCUT2D eigenvalue weighted by Crippen LogP contribution is 2.26. The Hall–Kier alpha value is -2.11. The van der Waals surface area contributed by atoms with Crippen LogP contribution >= 0.6 is 0 Å². The minimum absolute atomic E-state index is 0.141. The lowest BCUT2D eigenvalue weighted by Crippen LogP contribution is -2.41. The molecule has 0 spiro atoms. The highest BCUT2D eigenvalue weighted by atomic mass is 32.3. The van der Waals surface area contributed by atoms with Gasteiger partial charge in [0.15, 0.2) is 0 Å². The van der Waals surface area contributed by atoms with Crippen LogP contribution in [0.2, 0.25) is 0 Å². The molecule has 1 aromatic rings. The van der Waals surface area contributed by atoms with Gasteiger partial charge in [0.2, 0.25) is 5.91 Å². The summed E-state index contributed by atoms with van der Waals surface area (Å²) in [5.41, 5.74) is 0. The van der Waals surface area contributed by atoms with Gasteiger partial charge in [-0.25, -0.2) is 9.48 Å². The fourth-order valence-electron chi connectivity index (χ4n) is 2.79. The van der Waals surface area contributed by atoms with Crippen LogP contribution < -0.4 is 0 Å². The maximum atomic E-state index is 13.2. The minimum atomic E-state index is -4.82. The van der Waals surface area contributed by atoms with E-state index in [0.717, 1.165) is 24.9 Å². The van der Waals surface area contributed by atoms with Gasteiger partial charge in [0, 0.05) is 19.5 Å². The minimum Gasteiger partial charge on any atom is -0.467 e. The number of aromatic nitrogens is 4. The second-order valence-corrected chi connectivity index (χ2v) is 7.42. The molecule has 2 unspecified atom stereocenters. The van der Waals surface area contributed by atoms with Crippen LogP contribution in [0.5, 0.6) is 0 Å². The lowest BCUT2D eigenvalue weighted by atomic mass is 10.1. The number of methoxy groups -OCH3 is 1. The van der Waals surface area contributed by atoms with Crippen molar-refractivity contribution < 1.29 is 26.6 Å². The van der Waals surface area contributed by atoms with Crippen molar-refractivity contribution in [3.8, 4) is 0 Å². The maximum Gasteiger partial charge on any atom is 0.328 e. The van der Waals surface area contributed by atoms with Crippen LogP contribution in [-0.4, -0.2) is 70.3 Å². The summed E-state index contributed by atoms with van der Waals surface area (Å²) >= 11 is 0. The van der Waals surface area contributed by atoms with Gasteiger partial charge < -0.3 is 9.64 Å². The predicted molar refractivity (Wildman–Crippen MR) is 82.2 cm³/mol. The molecule has 0 aliphatic carbocycles.